The second kappa shape index (κ2) is 5.89. The van der Waals surface area contributed by atoms with Gasteiger partial charge < -0.3 is 5.32 Å². The van der Waals surface area contributed by atoms with E-state index in [1.54, 1.807) is 30.3 Å². The Morgan fingerprint density at radius 1 is 0.944 bits per heavy atom. The topological polar surface area (TPSA) is 29.1 Å². The van der Waals surface area contributed by atoms with Crippen LogP contribution in [0.4, 0.5) is 0 Å². The summed E-state index contributed by atoms with van der Waals surface area (Å²) < 4.78 is 0. The zero-order valence-electron chi connectivity index (χ0n) is 9.49. The van der Waals surface area contributed by atoms with Crippen molar-refractivity contribution < 1.29 is 4.79 Å². The van der Waals surface area contributed by atoms with Crippen molar-refractivity contribution in [3.05, 3.63) is 69.7 Å². The smallest absolute Gasteiger partial charge is 0.253 e. The molecular formula is C14H11Cl2NO. The van der Waals surface area contributed by atoms with E-state index in [9.17, 15) is 4.79 Å². The van der Waals surface area contributed by atoms with Crippen LogP contribution in [0, 0.1) is 0 Å². The van der Waals surface area contributed by atoms with Crippen molar-refractivity contribution in [3.63, 3.8) is 0 Å². The molecule has 2 aromatic carbocycles. The zero-order valence-corrected chi connectivity index (χ0v) is 11.0. The molecule has 1 N–H and O–H groups in total. The van der Waals surface area contributed by atoms with E-state index >= 15 is 0 Å². The molecule has 18 heavy (non-hydrogen) atoms. The molecule has 4 heteroatoms. The van der Waals surface area contributed by atoms with Gasteiger partial charge in [-0.15, -0.1) is 0 Å². The molecule has 0 fully saturated rings. The van der Waals surface area contributed by atoms with E-state index in [-0.39, 0.29) is 5.91 Å². The molecule has 1 amide bonds. The number of halogens is 2. The first-order valence-corrected chi connectivity index (χ1v) is 6.20. The summed E-state index contributed by atoms with van der Waals surface area (Å²) in [5.41, 5.74) is 1.34. The summed E-state index contributed by atoms with van der Waals surface area (Å²) >= 11 is 12.0. The molecule has 2 rings (SSSR count). The molecule has 0 atom stereocenters. The molecule has 0 aliphatic heterocycles. The molecule has 0 aliphatic carbocycles. The molecule has 0 unspecified atom stereocenters. The second-order valence-electron chi connectivity index (χ2n) is 3.75. The lowest BCUT2D eigenvalue weighted by molar-refractivity contribution is 0.0951. The Labute approximate surface area is 116 Å². The average molecular weight is 280 g/mol. The van der Waals surface area contributed by atoms with Crippen LogP contribution in [0.15, 0.2) is 48.5 Å². The van der Waals surface area contributed by atoms with Gasteiger partial charge in [0.05, 0.1) is 10.6 Å². The van der Waals surface area contributed by atoms with Crippen LogP contribution in [-0.2, 0) is 6.54 Å². The van der Waals surface area contributed by atoms with Crippen LogP contribution < -0.4 is 5.32 Å². The van der Waals surface area contributed by atoms with E-state index in [0.29, 0.717) is 22.2 Å². The fourth-order valence-electron chi connectivity index (χ4n) is 1.56. The summed E-state index contributed by atoms with van der Waals surface area (Å²) in [6.45, 7) is 0.379. The van der Waals surface area contributed by atoms with Crippen LogP contribution in [0.1, 0.15) is 15.9 Å². The number of nitrogens with one attached hydrogen (secondary N) is 1. The third-order valence-electron chi connectivity index (χ3n) is 2.52. The van der Waals surface area contributed by atoms with E-state index in [1.807, 2.05) is 18.2 Å². The molecule has 92 valence electrons. The lowest BCUT2D eigenvalue weighted by Crippen LogP contribution is -2.23. The molecule has 0 saturated carbocycles. The molecule has 0 radical (unpaired) electrons. The predicted molar refractivity (Wildman–Crippen MR) is 74.1 cm³/mol. The number of hydrogen-bond donors (Lipinski definition) is 1. The van der Waals surface area contributed by atoms with Gasteiger partial charge in [0.1, 0.15) is 0 Å². The van der Waals surface area contributed by atoms with E-state index in [1.165, 1.54) is 0 Å². The highest BCUT2D eigenvalue weighted by molar-refractivity contribution is 6.33. The third-order valence-corrected chi connectivity index (χ3v) is 3.21. The molecule has 0 heterocycles. The molecule has 0 spiro atoms. The van der Waals surface area contributed by atoms with Gasteiger partial charge in [0, 0.05) is 11.6 Å². The standard InChI is InChI=1S/C14H11Cl2NO/c15-12-7-3-1-5-10(12)9-17-14(18)11-6-2-4-8-13(11)16/h1-8H,9H2,(H,17,18). The Morgan fingerprint density at radius 2 is 1.56 bits per heavy atom. The quantitative estimate of drug-likeness (QED) is 0.907. The fraction of sp³-hybridized carbons (Fsp3) is 0.0714. The van der Waals surface area contributed by atoms with E-state index in [4.69, 9.17) is 23.2 Å². The highest BCUT2D eigenvalue weighted by atomic mass is 35.5. The van der Waals surface area contributed by atoms with Gasteiger partial charge in [0.15, 0.2) is 0 Å². The van der Waals surface area contributed by atoms with Gasteiger partial charge in [0.2, 0.25) is 0 Å². The van der Waals surface area contributed by atoms with Gasteiger partial charge in [-0.3, -0.25) is 4.79 Å². The van der Waals surface area contributed by atoms with Crippen molar-refractivity contribution in [3.8, 4) is 0 Å². The Hall–Kier alpha value is -1.51. The molecule has 2 nitrogen and oxygen atoms in total. The van der Waals surface area contributed by atoms with Crippen LogP contribution in [0.2, 0.25) is 10.0 Å². The molecule has 2 aromatic rings. The minimum atomic E-state index is -0.208. The minimum Gasteiger partial charge on any atom is -0.348 e. The lowest BCUT2D eigenvalue weighted by Gasteiger charge is -2.07. The van der Waals surface area contributed by atoms with E-state index in [0.717, 1.165) is 5.56 Å². The Kier molecular flexibility index (Phi) is 4.24. The summed E-state index contributed by atoms with van der Waals surface area (Å²) in [7, 11) is 0. The second-order valence-corrected chi connectivity index (χ2v) is 4.57. The number of hydrogen-bond acceptors (Lipinski definition) is 1. The van der Waals surface area contributed by atoms with Gasteiger partial charge in [-0.25, -0.2) is 0 Å². The van der Waals surface area contributed by atoms with Crippen LogP contribution in [0.5, 0.6) is 0 Å². The van der Waals surface area contributed by atoms with Crippen molar-refractivity contribution in [2.24, 2.45) is 0 Å². The molecule has 0 aliphatic rings. The average Bonchev–Trinajstić information content (AvgIpc) is 2.38. The van der Waals surface area contributed by atoms with Gasteiger partial charge in [-0.1, -0.05) is 53.5 Å². The Morgan fingerprint density at radius 3 is 2.22 bits per heavy atom. The fourth-order valence-corrected chi connectivity index (χ4v) is 1.98. The zero-order chi connectivity index (χ0) is 13.0. The maximum Gasteiger partial charge on any atom is 0.253 e. The van der Waals surface area contributed by atoms with Gasteiger partial charge >= 0.3 is 0 Å². The lowest BCUT2D eigenvalue weighted by atomic mass is 10.2. The summed E-state index contributed by atoms with van der Waals surface area (Å²) in [4.78, 5) is 11.9. The van der Waals surface area contributed by atoms with Crippen molar-refractivity contribution in [1.82, 2.24) is 5.32 Å². The molecule has 0 aromatic heterocycles. The molecule has 0 saturated heterocycles. The van der Waals surface area contributed by atoms with Crippen LogP contribution >= 0.6 is 23.2 Å². The van der Waals surface area contributed by atoms with E-state index in [2.05, 4.69) is 5.32 Å². The summed E-state index contributed by atoms with van der Waals surface area (Å²) in [6.07, 6.45) is 0. The summed E-state index contributed by atoms with van der Waals surface area (Å²) in [6, 6.07) is 14.3. The highest BCUT2D eigenvalue weighted by Crippen LogP contribution is 2.16. The normalized spacial score (nSPS) is 10.1. The first kappa shape index (κ1) is 12.9. The Bertz CT molecular complexity index is 569. The third kappa shape index (κ3) is 3.03. The van der Waals surface area contributed by atoms with Gasteiger partial charge in [0.25, 0.3) is 5.91 Å². The Balaban J connectivity index is 2.06. The minimum absolute atomic E-state index is 0.208. The van der Waals surface area contributed by atoms with Gasteiger partial charge in [-0.05, 0) is 23.8 Å². The van der Waals surface area contributed by atoms with Gasteiger partial charge in [-0.2, -0.15) is 0 Å². The largest absolute Gasteiger partial charge is 0.348 e. The van der Waals surface area contributed by atoms with Crippen molar-refractivity contribution in [2.75, 3.05) is 0 Å². The molecule has 0 bridgehead atoms. The first-order valence-electron chi connectivity index (χ1n) is 5.44. The number of amides is 1. The summed E-state index contributed by atoms with van der Waals surface area (Å²) in [5.74, 6) is -0.208. The van der Waals surface area contributed by atoms with Crippen molar-refractivity contribution in [1.29, 1.82) is 0 Å². The van der Waals surface area contributed by atoms with Crippen LogP contribution in [-0.4, -0.2) is 5.91 Å². The highest BCUT2D eigenvalue weighted by Gasteiger charge is 2.09. The molecular weight excluding hydrogens is 269 g/mol. The number of benzene rings is 2. The van der Waals surface area contributed by atoms with Crippen molar-refractivity contribution >= 4 is 29.1 Å². The SMILES string of the molecule is O=C(NCc1ccccc1Cl)c1ccccc1Cl. The first-order chi connectivity index (χ1) is 8.68. The van der Waals surface area contributed by atoms with Crippen LogP contribution in [0.25, 0.3) is 0 Å². The maximum atomic E-state index is 11.9. The number of rotatable bonds is 3. The maximum absolute atomic E-state index is 11.9. The number of carbonyl (C=O) groups is 1. The van der Waals surface area contributed by atoms with Crippen molar-refractivity contribution in [2.45, 2.75) is 6.54 Å². The predicted octanol–water partition coefficient (Wildman–Crippen LogP) is 3.92. The number of carbonyl (C=O) groups excluding carboxylic acids is 1. The van der Waals surface area contributed by atoms with Crippen LogP contribution in [0.3, 0.4) is 0 Å². The monoisotopic (exact) mass is 279 g/mol. The van der Waals surface area contributed by atoms with E-state index < -0.39 is 0 Å². The summed E-state index contributed by atoms with van der Waals surface area (Å²) in [5, 5.41) is 3.86.